The fraction of sp³-hybridized carbons (Fsp3) is 0. The number of hydrogen-bond donors (Lipinski definition) is 0. The molecular formula is C22H10S2. The van der Waals surface area contributed by atoms with Crippen molar-refractivity contribution >= 4 is 22.7 Å². The first-order valence-electron chi connectivity index (χ1n) is 7.38. The van der Waals surface area contributed by atoms with E-state index in [4.69, 9.17) is 0 Å². The van der Waals surface area contributed by atoms with Gasteiger partial charge >= 0.3 is 0 Å². The highest BCUT2D eigenvalue weighted by Gasteiger charge is 2.05. The maximum atomic E-state index is 3.20. The third kappa shape index (κ3) is 3.34. The Labute approximate surface area is 149 Å². The zero-order valence-electron chi connectivity index (χ0n) is 12.6. The normalized spacial score (nSPS) is 13.3. The van der Waals surface area contributed by atoms with Crippen molar-refractivity contribution in [3.63, 3.8) is 0 Å². The summed E-state index contributed by atoms with van der Waals surface area (Å²) in [6.45, 7) is 0. The maximum absolute atomic E-state index is 3.20. The van der Waals surface area contributed by atoms with E-state index in [9.17, 15) is 0 Å². The summed E-state index contributed by atoms with van der Waals surface area (Å²) in [6, 6.07) is 8.38. The lowest BCUT2D eigenvalue weighted by Gasteiger charge is -1.87. The minimum absolute atomic E-state index is 0.933. The van der Waals surface area contributed by atoms with E-state index >= 15 is 0 Å². The molecule has 2 aliphatic rings. The average Bonchev–Trinajstić information content (AvgIpc) is 3.40. The standard InChI is InChI=1S/C22H10S2/c1-2-6-17(5-1)9-11-19-13-15-21(23-19)22-16-14-20(24-22)12-10-18-7-3-4-8-18/h1-5,7,13-16H. The Bertz CT molecular complexity index is 1030. The van der Waals surface area contributed by atoms with Gasteiger partial charge in [0.15, 0.2) is 0 Å². The van der Waals surface area contributed by atoms with Crippen molar-refractivity contribution in [1.82, 2.24) is 0 Å². The molecule has 2 heteroatoms. The molecule has 0 radical (unpaired) electrons. The Hall–Kier alpha value is -2.96. The van der Waals surface area contributed by atoms with Crippen molar-refractivity contribution in [2.45, 2.75) is 0 Å². The topological polar surface area (TPSA) is 0 Å². The molecule has 2 aliphatic carbocycles. The molecule has 0 atom stereocenters. The van der Waals surface area contributed by atoms with Crippen LogP contribution in [0.4, 0.5) is 0 Å². The SMILES string of the molecule is C1=CC=CC=1C#Cc1ccc(-c2ccc(C#CC3=C=CC=C3)s2)s1. The van der Waals surface area contributed by atoms with Crippen LogP contribution in [0, 0.1) is 23.7 Å². The van der Waals surface area contributed by atoms with Gasteiger partial charge in [-0.15, -0.1) is 34.1 Å². The van der Waals surface area contributed by atoms with E-state index in [1.807, 2.05) is 36.5 Å². The molecule has 24 heavy (non-hydrogen) atoms. The van der Waals surface area contributed by atoms with Gasteiger partial charge in [0.2, 0.25) is 0 Å². The molecule has 0 unspecified atom stereocenters. The van der Waals surface area contributed by atoms with Crippen LogP contribution in [0.5, 0.6) is 0 Å². The second-order valence-electron chi connectivity index (χ2n) is 5.00. The summed E-state index contributed by atoms with van der Waals surface area (Å²) in [4.78, 5) is 4.58. The number of allylic oxidation sites excluding steroid dienone is 6. The van der Waals surface area contributed by atoms with Crippen molar-refractivity contribution in [2.75, 3.05) is 0 Å². The Morgan fingerprint density at radius 1 is 0.625 bits per heavy atom. The predicted octanol–water partition coefficient (Wildman–Crippen LogP) is 5.48. The molecular weight excluding hydrogens is 328 g/mol. The highest BCUT2D eigenvalue weighted by Crippen LogP contribution is 2.33. The zero-order chi connectivity index (χ0) is 16.2. The highest BCUT2D eigenvalue weighted by molar-refractivity contribution is 7.22. The largest absolute Gasteiger partial charge is 0.126 e. The quantitative estimate of drug-likeness (QED) is 0.477. The van der Waals surface area contributed by atoms with Crippen molar-refractivity contribution in [3.8, 4) is 33.4 Å². The lowest BCUT2D eigenvalue weighted by atomic mass is 10.3. The molecule has 0 nitrogen and oxygen atoms in total. The lowest BCUT2D eigenvalue weighted by Crippen LogP contribution is -1.65. The van der Waals surface area contributed by atoms with Gasteiger partial charge in [-0.25, -0.2) is 0 Å². The molecule has 0 saturated carbocycles. The van der Waals surface area contributed by atoms with Crippen LogP contribution in [0.3, 0.4) is 0 Å². The lowest BCUT2D eigenvalue weighted by molar-refractivity contribution is 1.85. The number of thiophene rings is 2. The predicted molar refractivity (Wildman–Crippen MR) is 103 cm³/mol. The van der Waals surface area contributed by atoms with Gasteiger partial charge < -0.3 is 0 Å². The van der Waals surface area contributed by atoms with Gasteiger partial charge in [-0.05, 0) is 48.6 Å². The Kier molecular flexibility index (Phi) is 4.05. The summed E-state index contributed by atoms with van der Waals surface area (Å²) in [5.41, 5.74) is 8.05. The molecule has 0 amide bonds. The summed E-state index contributed by atoms with van der Waals surface area (Å²) in [6.07, 6.45) is 11.6. The van der Waals surface area contributed by atoms with Crippen LogP contribution in [-0.4, -0.2) is 0 Å². The van der Waals surface area contributed by atoms with E-state index in [1.165, 1.54) is 9.75 Å². The summed E-state index contributed by atoms with van der Waals surface area (Å²) < 4.78 is 0. The molecule has 0 saturated heterocycles. The zero-order valence-corrected chi connectivity index (χ0v) is 14.2. The van der Waals surface area contributed by atoms with Crippen LogP contribution >= 0.6 is 22.7 Å². The molecule has 0 N–H and O–H groups in total. The van der Waals surface area contributed by atoms with Crippen LogP contribution < -0.4 is 0 Å². The van der Waals surface area contributed by atoms with Crippen LogP contribution in [0.1, 0.15) is 9.75 Å². The van der Waals surface area contributed by atoms with E-state index in [1.54, 1.807) is 22.7 Å². The molecule has 110 valence electrons. The van der Waals surface area contributed by atoms with Gasteiger partial charge in [0.25, 0.3) is 0 Å². The molecule has 4 rings (SSSR count). The second kappa shape index (κ2) is 6.66. The Morgan fingerprint density at radius 3 is 1.54 bits per heavy atom. The van der Waals surface area contributed by atoms with Crippen LogP contribution in [0.25, 0.3) is 9.75 Å². The molecule has 0 aliphatic heterocycles. The van der Waals surface area contributed by atoms with Crippen molar-refractivity contribution < 1.29 is 0 Å². The average molecular weight is 338 g/mol. The van der Waals surface area contributed by atoms with Crippen molar-refractivity contribution in [2.24, 2.45) is 0 Å². The smallest absolute Gasteiger partial charge is 0.0779 e. The molecule has 2 aromatic rings. The minimum Gasteiger partial charge on any atom is -0.126 e. The third-order valence-corrected chi connectivity index (χ3v) is 5.49. The Morgan fingerprint density at radius 2 is 1.12 bits per heavy atom. The maximum Gasteiger partial charge on any atom is 0.0779 e. The first kappa shape index (κ1) is 14.6. The fourth-order valence-corrected chi connectivity index (χ4v) is 3.96. The third-order valence-electron chi connectivity index (χ3n) is 3.29. The summed E-state index contributed by atoms with van der Waals surface area (Å²) in [5, 5.41) is 0. The van der Waals surface area contributed by atoms with Gasteiger partial charge in [0.1, 0.15) is 0 Å². The van der Waals surface area contributed by atoms with Gasteiger partial charge in [0, 0.05) is 9.75 Å². The van der Waals surface area contributed by atoms with Crippen LogP contribution in [0.15, 0.2) is 83.3 Å². The molecule has 0 bridgehead atoms. The van der Waals surface area contributed by atoms with E-state index in [-0.39, 0.29) is 0 Å². The molecule has 0 fully saturated rings. The van der Waals surface area contributed by atoms with Crippen LogP contribution in [0.2, 0.25) is 0 Å². The van der Waals surface area contributed by atoms with E-state index in [2.05, 4.69) is 59.4 Å². The summed E-state index contributed by atoms with van der Waals surface area (Å²) in [5.74, 6) is 12.7. The van der Waals surface area contributed by atoms with E-state index in [0.717, 1.165) is 20.9 Å². The molecule has 0 aromatic carbocycles. The number of rotatable bonds is 1. The molecule has 2 heterocycles. The van der Waals surface area contributed by atoms with Gasteiger partial charge in [-0.1, -0.05) is 35.8 Å². The van der Waals surface area contributed by atoms with Gasteiger partial charge in [-0.3, -0.25) is 0 Å². The van der Waals surface area contributed by atoms with E-state index < -0.39 is 0 Å². The van der Waals surface area contributed by atoms with Crippen molar-refractivity contribution in [3.05, 3.63) is 93.1 Å². The van der Waals surface area contributed by atoms with Crippen LogP contribution in [-0.2, 0) is 0 Å². The van der Waals surface area contributed by atoms with Gasteiger partial charge in [0.05, 0.1) is 20.9 Å². The number of hydrogen-bond acceptors (Lipinski definition) is 2. The minimum atomic E-state index is 0.933. The van der Waals surface area contributed by atoms with Crippen molar-refractivity contribution in [1.29, 1.82) is 0 Å². The first-order valence-corrected chi connectivity index (χ1v) is 9.01. The Balaban J connectivity index is 1.53. The second-order valence-corrected chi connectivity index (χ2v) is 7.16. The first-order chi connectivity index (χ1) is 11.9. The summed E-state index contributed by atoms with van der Waals surface area (Å²) >= 11 is 3.41. The highest BCUT2D eigenvalue weighted by atomic mass is 32.1. The molecule has 0 spiro atoms. The summed E-state index contributed by atoms with van der Waals surface area (Å²) in [7, 11) is 0. The fourth-order valence-electron chi connectivity index (χ4n) is 2.15. The van der Waals surface area contributed by atoms with Gasteiger partial charge in [-0.2, -0.15) is 0 Å². The van der Waals surface area contributed by atoms with E-state index in [0.29, 0.717) is 0 Å². The monoisotopic (exact) mass is 338 g/mol. The molecule has 2 aromatic heterocycles.